The second kappa shape index (κ2) is 8.72. The first-order chi connectivity index (χ1) is 20.7. The van der Waals surface area contributed by atoms with E-state index in [1.165, 1.54) is 52.8 Å². The predicted octanol–water partition coefficient (Wildman–Crippen LogP) is 11.1. The van der Waals surface area contributed by atoms with E-state index in [4.69, 9.17) is 21.6 Å². The van der Waals surface area contributed by atoms with Gasteiger partial charge in [-0.15, -0.1) is 11.3 Å². The molecule has 3 aromatic heterocycles. The van der Waals surface area contributed by atoms with Gasteiger partial charge in [-0.2, -0.15) is 4.98 Å². The molecule has 0 spiro atoms. The van der Waals surface area contributed by atoms with Crippen molar-refractivity contribution in [1.29, 1.82) is 0 Å². The quantitative estimate of drug-likeness (QED) is 0.136. The molecule has 0 N–H and O–H groups in total. The Morgan fingerprint density at radius 2 is 1.60 bits per heavy atom. The van der Waals surface area contributed by atoms with Gasteiger partial charge in [-0.25, -0.2) is 4.98 Å². The fourth-order valence-corrected chi connectivity index (χ4v) is 10.1. The van der Waals surface area contributed by atoms with Crippen LogP contribution in [-0.2, 0) is 5.41 Å². The SMILES string of the molecule is CC(C)(C)c1ccc2c(c1)sc1c2c2ccccc2c2c3ccccc3n(-c3nc(Cl)nc4c3C3C=CC=CC3(C)S4)c12. The van der Waals surface area contributed by atoms with Crippen LogP contribution in [0.1, 0.15) is 44.7 Å². The largest absolute Gasteiger partial charge is 0.292 e. The van der Waals surface area contributed by atoms with Crippen molar-refractivity contribution in [3.8, 4) is 5.82 Å². The van der Waals surface area contributed by atoms with Crippen molar-refractivity contribution in [1.82, 2.24) is 14.5 Å². The molecule has 2 atom stereocenters. The van der Waals surface area contributed by atoms with E-state index in [2.05, 4.69) is 123 Å². The molecule has 0 saturated heterocycles. The lowest BCUT2D eigenvalue weighted by Crippen LogP contribution is -2.23. The van der Waals surface area contributed by atoms with Crippen molar-refractivity contribution in [2.45, 2.75) is 48.8 Å². The Labute approximate surface area is 262 Å². The normalized spacial score (nSPS) is 19.8. The monoisotopic (exact) mass is 613 g/mol. The number of aromatic nitrogens is 3. The fraction of sp³-hybridized carbons (Fsp3) is 0.189. The van der Waals surface area contributed by atoms with Gasteiger partial charge in [0.25, 0.3) is 0 Å². The van der Waals surface area contributed by atoms with Gasteiger partial charge in [-0.3, -0.25) is 4.57 Å². The summed E-state index contributed by atoms with van der Waals surface area (Å²) in [4.78, 5) is 9.82. The zero-order valence-corrected chi connectivity index (χ0v) is 26.7. The van der Waals surface area contributed by atoms with E-state index < -0.39 is 0 Å². The van der Waals surface area contributed by atoms with Gasteiger partial charge in [0.1, 0.15) is 10.8 Å². The summed E-state index contributed by atoms with van der Waals surface area (Å²) in [5.41, 5.74) is 4.90. The molecule has 3 nitrogen and oxygen atoms in total. The molecule has 6 heteroatoms. The van der Waals surface area contributed by atoms with Crippen molar-refractivity contribution in [3.63, 3.8) is 0 Å². The summed E-state index contributed by atoms with van der Waals surface area (Å²) in [6.07, 6.45) is 8.88. The minimum Gasteiger partial charge on any atom is -0.292 e. The topological polar surface area (TPSA) is 30.7 Å². The second-order valence-corrected chi connectivity index (χ2v) is 15.8. The Hall–Kier alpha value is -3.64. The molecule has 0 amide bonds. The third kappa shape index (κ3) is 3.50. The number of allylic oxidation sites excluding steroid dienone is 3. The number of benzene rings is 4. The van der Waals surface area contributed by atoms with Gasteiger partial charge in [-0.1, -0.05) is 111 Å². The van der Waals surface area contributed by atoms with E-state index in [0.29, 0.717) is 0 Å². The third-order valence-corrected chi connectivity index (χ3v) is 11.9. The minimum absolute atomic E-state index is 0.0706. The Morgan fingerprint density at radius 1 is 0.860 bits per heavy atom. The van der Waals surface area contributed by atoms with Crippen molar-refractivity contribution < 1.29 is 0 Å². The standard InChI is InChI=1S/C37H28ClN3S2/c1-36(2,3)20-16-17-24-27(19-20)42-32-29(24)22-12-6-5-11-21(22)28-23-13-7-8-15-26(23)41(31(28)32)33-30-25-14-9-10-18-37(25,4)43-34(30)40-35(38)39-33/h5-19,25H,1-4H3. The van der Waals surface area contributed by atoms with Gasteiger partial charge in [-0.05, 0) is 52.4 Å². The van der Waals surface area contributed by atoms with Crippen molar-refractivity contribution in [2.75, 3.05) is 0 Å². The minimum atomic E-state index is -0.132. The van der Waals surface area contributed by atoms with Gasteiger partial charge in [0.2, 0.25) is 5.28 Å². The maximum absolute atomic E-state index is 6.75. The number of nitrogens with zero attached hydrogens (tertiary/aromatic N) is 3. The van der Waals surface area contributed by atoms with E-state index in [0.717, 1.165) is 21.9 Å². The number of rotatable bonds is 1. The molecule has 9 rings (SSSR count). The number of thioether (sulfide) groups is 1. The molecular weight excluding hydrogens is 586 g/mol. The van der Waals surface area contributed by atoms with Crippen LogP contribution < -0.4 is 0 Å². The maximum Gasteiger partial charge on any atom is 0.225 e. The maximum atomic E-state index is 6.75. The molecular formula is C37H28ClN3S2. The highest BCUT2D eigenvalue weighted by atomic mass is 35.5. The molecule has 4 heterocycles. The molecule has 2 unspecified atom stereocenters. The Kier molecular flexibility index (Phi) is 5.24. The van der Waals surface area contributed by atoms with Crippen LogP contribution in [-0.4, -0.2) is 19.3 Å². The summed E-state index contributed by atoms with van der Waals surface area (Å²) in [5.74, 6) is 1.03. The van der Waals surface area contributed by atoms with Crippen LogP contribution in [0.2, 0.25) is 5.28 Å². The highest BCUT2D eigenvalue weighted by molar-refractivity contribution is 8.01. The van der Waals surface area contributed by atoms with Gasteiger partial charge in [0.15, 0.2) is 0 Å². The first-order valence-corrected chi connectivity index (χ1v) is 16.7. The van der Waals surface area contributed by atoms with E-state index >= 15 is 0 Å². The lowest BCUT2D eigenvalue weighted by atomic mass is 9.84. The van der Waals surface area contributed by atoms with E-state index in [-0.39, 0.29) is 21.4 Å². The highest BCUT2D eigenvalue weighted by Crippen LogP contribution is 2.57. The highest BCUT2D eigenvalue weighted by Gasteiger charge is 2.45. The first-order valence-electron chi connectivity index (χ1n) is 14.7. The van der Waals surface area contributed by atoms with E-state index in [9.17, 15) is 0 Å². The predicted molar refractivity (Wildman–Crippen MR) is 186 cm³/mol. The van der Waals surface area contributed by atoms with Crippen LogP contribution in [0.4, 0.5) is 0 Å². The summed E-state index contributed by atoms with van der Waals surface area (Å²) >= 11 is 10.4. The summed E-state index contributed by atoms with van der Waals surface area (Å²) in [5, 5.41) is 8.89. The first kappa shape index (κ1) is 25.8. The molecule has 7 aromatic rings. The van der Waals surface area contributed by atoms with Crippen LogP contribution in [0.3, 0.4) is 0 Å². The number of fused-ring (bicyclic) bond motifs is 13. The zero-order chi connectivity index (χ0) is 29.2. The molecule has 210 valence electrons. The summed E-state index contributed by atoms with van der Waals surface area (Å²) in [7, 11) is 0. The van der Waals surface area contributed by atoms with Crippen LogP contribution in [0.15, 0.2) is 96.1 Å². The van der Waals surface area contributed by atoms with Crippen molar-refractivity contribution in [2.24, 2.45) is 0 Å². The summed E-state index contributed by atoms with van der Waals surface area (Å²) < 4.78 is 4.85. The molecule has 1 aliphatic heterocycles. The van der Waals surface area contributed by atoms with E-state index in [1.54, 1.807) is 11.8 Å². The Balaban J connectivity index is 1.51. The number of hydrogen-bond donors (Lipinski definition) is 0. The van der Waals surface area contributed by atoms with Crippen LogP contribution >= 0.6 is 34.7 Å². The number of halogens is 1. The zero-order valence-electron chi connectivity index (χ0n) is 24.3. The third-order valence-electron chi connectivity index (χ3n) is 9.27. The number of thiophene rings is 1. The molecule has 0 bridgehead atoms. The lowest BCUT2D eigenvalue weighted by molar-refractivity contribution is 0.591. The van der Waals surface area contributed by atoms with E-state index in [1.807, 2.05) is 11.3 Å². The molecule has 2 aliphatic rings. The molecule has 0 fully saturated rings. The second-order valence-electron chi connectivity index (χ2n) is 12.9. The molecule has 4 aromatic carbocycles. The fourth-order valence-electron chi connectivity index (χ4n) is 7.20. The lowest BCUT2D eigenvalue weighted by Gasteiger charge is -2.27. The van der Waals surface area contributed by atoms with Crippen LogP contribution in [0, 0.1) is 0 Å². The molecule has 0 saturated carbocycles. The van der Waals surface area contributed by atoms with Crippen LogP contribution in [0.5, 0.6) is 0 Å². The number of hydrogen-bond acceptors (Lipinski definition) is 4. The van der Waals surface area contributed by atoms with Gasteiger partial charge in [0.05, 0.1) is 15.7 Å². The van der Waals surface area contributed by atoms with Gasteiger partial charge in [0, 0.05) is 42.5 Å². The Bertz CT molecular complexity index is 2410. The van der Waals surface area contributed by atoms with Gasteiger partial charge >= 0.3 is 0 Å². The average Bonchev–Trinajstić information content (AvgIpc) is 3.63. The summed E-state index contributed by atoms with van der Waals surface area (Å²) in [6, 6.07) is 24.7. The Morgan fingerprint density at radius 3 is 2.40 bits per heavy atom. The van der Waals surface area contributed by atoms with Crippen molar-refractivity contribution in [3.05, 3.63) is 107 Å². The van der Waals surface area contributed by atoms with Crippen LogP contribution in [0.25, 0.3) is 58.6 Å². The average molecular weight is 614 g/mol. The van der Waals surface area contributed by atoms with Gasteiger partial charge < -0.3 is 0 Å². The smallest absolute Gasteiger partial charge is 0.225 e. The molecule has 0 radical (unpaired) electrons. The summed E-state index contributed by atoms with van der Waals surface area (Å²) in [6.45, 7) is 9.14. The molecule has 43 heavy (non-hydrogen) atoms. The van der Waals surface area contributed by atoms with Crippen molar-refractivity contribution >= 4 is 87.5 Å². The molecule has 1 aliphatic carbocycles. The number of para-hydroxylation sites is 1.